The fourth-order valence-corrected chi connectivity index (χ4v) is 3.18. The van der Waals surface area contributed by atoms with Crippen molar-refractivity contribution in [2.24, 2.45) is 4.99 Å². The number of aryl methyl sites for hydroxylation is 1. The van der Waals surface area contributed by atoms with Gasteiger partial charge in [-0.05, 0) is 44.3 Å². The maximum absolute atomic E-state index is 9.78. The normalized spacial score (nSPS) is 15.7. The second kappa shape index (κ2) is 4.43. The molecule has 1 aliphatic rings. The third kappa shape index (κ3) is 2.15. The number of allylic oxidation sites excluding steroid dienone is 1. The van der Waals surface area contributed by atoms with Gasteiger partial charge < -0.3 is 10.1 Å². The molecule has 2 aromatic rings. The van der Waals surface area contributed by atoms with Gasteiger partial charge in [0.15, 0.2) is 3.95 Å². The summed E-state index contributed by atoms with van der Waals surface area (Å²) in [5, 5.41) is 9.78. The molecule has 1 aliphatic heterocycles. The molecular formula is C14H12N2OS2. The fraction of sp³-hybridized carbons (Fsp3) is 0.143. The lowest BCUT2D eigenvalue weighted by Crippen LogP contribution is -1.89. The predicted octanol–water partition coefficient (Wildman–Crippen LogP) is 4.47. The number of hydrogen-bond donors (Lipinski definition) is 2. The number of rotatable bonds is 1. The van der Waals surface area contributed by atoms with Crippen molar-refractivity contribution >= 4 is 46.6 Å². The third-order valence-electron chi connectivity index (χ3n) is 3.05. The summed E-state index contributed by atoms with van der Waals surface area (Å²) in [6.45, 7) is 4.04. The number of nitrogens with one attached hydrogen (secondary N) is 1. The Hall–Kier alpha value is -1.72. The van der Waals surface area contributed by atoms with Crippen molar-refractivity contribution in [3.8, 4) is 5.88 Å². The molecule has 0 amide bonds. The van der Waals surface area contributed by atoms with Gasteiger partial charge in [0.2, 0.25) is 5.88 Å². The van der Waals surface area contributed by atoms with Crippen LogP contribution in [0.15, 0.2) is 23.2 Å². The topological polar surface area (TPSA) is 48.4 Å². The van der Waals surface area contributed by atoms with Crippen LogP contribution in [0.4, 0.5) is 5.69 Å². The SMILES string of the molecule is CC1=Nc2ccc(C)cc2/C1=C\c1sc(=S)[nH]c1O. The Bertz CT molecular complexity index is 781. The van der Waals surface area contributed by atoms with Gasteiger partial charge in [0.25, 0.3) is 0 Å². The molecule has 0 saturated carbocycles. The second-order valence-electron chi connectivity index (χ2n) is 4.50. The molecule has 96 valence electrons. The van der Waals surface area contributed by atoms with Gasteiger partial charge in [0.05, 0.1) is 10.6 Å². The molecule has 19 heavy (non-hydrogen) atoms. The minimum absolute atomic E-state index is 0.122. The number of aromatic hydroxyl groups is 1. The zero-order valence-electron chi connectivity index (χ0n) is 10.5. The maximum atomic E-state index is 9.78. The van der Waals surface area contributed by atoms with E-state index in [9.17, 15) is 5.11 Å². The molecule has 0 unspecified atom stereocenters. The molecule has 0 fully saturated rings. The van der Waals surface area contributed by atoms with Gasteiger partial charge in [-0.3, -0.25) is 4.99 Å². The number of benzene rings is 1. The quantitative estimate of drug-likeness (QED) is 0.761. The number of aliphatic imine (C=N–C) groups is 1. The average molecular weight is 288 g/mol. The minimum Gasteiger partial charge on any atom is -0.494 e. The van der Waals surface area contributed by atoms with Crippen LogP contribution in [-0.2, 0) is 0 Å². The molecule has 0 atom stereocenters. The van der Waals surface area contributed by atoms with Crippen LogP contribution in [0, 0.1) is 10.9 Å². The highest BCUT2D eigenvalue weighted by atomic mass is 32.1. The van der Waals surface area contributed by atoms with Crippen LogP contribution in [0.2, 0.25) is 0 Å². The summed E-state index contributed by atoms with van der Waals surface area (Å²) < 4.78 is 0.571. The highest BCUT2D eigenvalue weighted by molar-refractivity contribution is 7.73. The first-order chi connectivity index (χ1) is 9.04. The first-order valence-electron chi connectivity index (χ1n) is 5.85. The second-order valence-corrected chi connectivity index (χ2v) is 6.22. The van der Waals surface area contributed by atoms with E-state index in [0.717, 1.165) is 27.4 Å². The molecule has 3 rings (SSSR count). The Morgan fingerprint density at radius 2 is 2.16 bits per heavy atom. The minimum atomic E-state index is 0.122. The van der Waals surface area contributed by atoms with Crippen LogP contribution < -0.4 is 0 Å². The summed E-state index contributed by atoms with van der Waals surface area (Å²) in [5.74, 6) is 0.122. The maximum Gasteiger partial charge on any atom is 0.207 e. The Kier molecular flexibility index (Phi) is 2.88. The monoisotopic (exact) mass is 288 g/mol. The molecule has 1 aromatic heterocycles. The lowest BCUT2D eigenvalue weighted by Gasteiger charge is -2.02. The fourth-order valence-electron chi connectivity index (χ4n) is 2.14. The molecular weight excluding hydrogens is 276 g/mol. The lowest BCUT2D eigenvalue weighted by atomic mass is 10.0. The van der Waals surface area contributed by atoms with E-state index in [-0.39, 0.29) is 5.88 Å². The zero-order chi connectivity index (χ0) is 13.6. The Balaban J connectivity index is 2.17. The van der Waals surface area contributed by atoms with Crippen LogP contribution >= 0.6 is 23.6 Å². The number of aromatic amines is 1. The predicted molar refractivity (Wildman–Crippen MR) is 83.0 cm³/mol. The summed E-state index contributed by atoms with van der Waals surface area (Å²) in [7, 11) is 0. The van der Waals surface area contributed by atoms with Gasteiger partial charge >= 0.3 is 0 Å². The summed E-state index contributed by atoms with van der Waals surface area (Å²) in [6, 6.07) is 6.19. The first kappa shape index (κ1) is 12.3. The third-order valence-corrected chi connectivity index (χ3v) is 4.22. The number of fused-ring (bicyclic) bond motifs is 1. The highest BCUT2D eigenvalue weighted by Crippen LogP contribution is 2.38. The van der Waals surface area contributed by atoms with Crippen LogP contribution in [0.1, 0.15) is 22.9 Å². The molecule has 1 aromatic carbocycles. The summed E-state index contributed by atoms with van der Waals surface area (Å²) in [6.07, 6.45) is 1.94. The smallest absolute Gasteiger partial charge is 0.207 e. The molecule has 2 heterocycles. The van der Waals surface area contributed by atoms with Crippen LogP contribution in [0.3, 0.4) is 0 Å². The standard InChI is InChI=1S/C14H12N2OS2/c1-7-3-4-11-10(5-7)9(8(2)15-11)6-12-13(17)16-14(18)19-12/h3-6,17H,1-2H3,(H,16,18)/b9-6-. The Labute approximate surface area is 120 Å². The number of thiazole rings is 1. The van der Waals surface area contributed by atoms with Crippen LogP contribution in [0.5, 0.6) is 5.88 Å². The van der Waals surface area contributed by atoms with Crippen molar-refractivity contribution in [1.29, 1.82) is 0 Å². The van der Waals surface area contributed by atoms with E-state index in [0.29, 0.717) is 3.95 Å². The van der Waals surface area contributed by atoms with Crippen molar-refractivity contribution in [3.05, 3.63) is 38.2 Å². The summed E-state index contributed by atoms with van der Waals surface area (Å²) in [4.78, 5) is 8.02. The summed E-state index contributed by atoms with van der Waals surface area (Å²) in [5.41, 5.74) is 5.28. The average Bonchev–Trinajstić information content (AvgIpc) is 2.81. The van der Waals surface area contributed by atoms with E-state index in [1.807, 2.05) is 19.1 Å². The van der Waals surface area contributed by atoms with Gasteiger partial charge in [-0.25, -0.2) is 0 Å². The first-order valence-corrected chi connectivity index (χ1v) is 7.07. The van der Waals surface area contributed by atoms with E-state index < -0.39 is 0 Å². The largest absolute Gasteiger partial charge is 0.494 e. The van der Waals surface area contributed by atoms with Gasteiger partial charge in [0, 0.05) is 16.8 Å². The van der Waals surface area contributed by atoms with Gasteiger partial charge in [-0.2, -0.15) is 0 Å². The van der Waals surface area contributed by atoms with Crippen LogP contribution in [-0.4, -0.2) is 15.8 Å². The van der Waals surface area contributed by atoms with Gasteiger partial charge in [-0.1, -0.05) is 11.6 Å². The Morgan fingerprint density at radius 1 is 1.37 bits per heavy atom. The van der Waals surface area contributed by atoms with Crippen molar-refractivity contribution in [1.82, 2.24) is 4.98 Å². The summed E-state index contributed by atoms with van der Waals surface area (Å²) >= 11 is 6.39. The molecule has 2 N–H and O–H groups in total. The molecule has 0 bridgehead atoms. The molecule has 0 aliphatic carbocycles. The molecule has 0 saturated heterocycles. The van der Waals surface area contributed by atoms with Crippen molar-refractivity contribution in [3.63, 3.8) is 0 Å². The van der Waals surface area contributed by atoms with E-state index in [1.54, 1.807) is 0 Å². The van der Waals surface area contributed by atoms with E-state index in [4.69, 9.17) is 12.2 Å². The number of aromatic nitrogens is 1. The van der Waals surface area contributed by atoms with E-state index in [1.165, 1.54) is 16.9 Å². The number of nitrogens with zero attached hydrogens (tertiary/aromatic N) is 1. The molecule has 0 spiro atoms. The van der Waals surface area contributed by atoms with E-state index >= 15 is 0 Å². The molecule has 3 nitrogen and oxygen atoms in total. The Morgan fingerprint density at radius 3 is 2.84 bits per heavy atom. The zero-order valence-corrected chi connectivity index (χ0v) is 12.2. The lowest BCUT2D eigenvalue weighted by molar-refractivity contribution is 0.456. The van der Waals surface area contributed by atoms with Gasteiger partial charge in [-0.15, -0.1) is 11.3 Å². The number of H-pyrrole nitrogens is 1. The molecule has 5 heteroatoms. The van der Waals surface area contributed by atoms with Gasteiger partial charge in [0.1, 0.15) is 0 Å². The number of hydrogen-bond acceptors (Lipinski definition) is 4. The van der Waals surface area contributed by atoms with Crippen molar-refractivity contribution in [2.45, 2.75) is 13.8 Å². The molecule has 0 radical (unpaired) electrons. The van der Waals surface area contributed by atoms with Crippen molar-refractivity contribution in [2.75, 3.05) is 0 Å². The van der Waals surface area contributed by atoms with Crippen molar-refractivity contribution < 1.29 is 5.11 Å². The highest BCUT2D eigenvalue weighted by Gasteiger charge is 2.18. The van der Waals surface area contributed by atoms with Crippen LogP contribution in [0.25, 0.3) is 11.6 Å². The van der Waals surface area contributed by atoms with E-state index in [2.05, 4.69) is 29.0 Å².